The van der Waals surface area contributed by atoms with Crippen molar-refractivity contribution in [2.24, 2.45) is 0 Å². The predicted molar refractivity (Wildman–Crippen MR) is 104 cm³/mol. The Morgan fingerprint density at radius 1 is 0.920 bits per heavy atom. The average molecular weight is 336 g/mol. The van der Waals surface area contributed by atoms with E-state index in [9.17, 15) is 4.79 Å². The Labute approximate surface area is 151 Å². The number of fused-ring (bicyclic) bond motifs is 1. The minimum absolute atomic E-state index is 0.217. The molecule has 0 N–H and O–H groups in total. The summed E-state index contributed by atoms with van der Waals surface area (Å²) in [5.74, 6) is 0.217. The summed E-state index contributed by atoms with van der Waals surface area (Å²) in [5.41, 5.74) is 2.76. The highest BCUT2D eigenvalue weighted by Crippen LogP contribution is 2.47. The maximum absolute atomic E-state index is 13.6. The Balaban J connectivity index is 2.03. The van der Waals surface area contributed by atoms with Crippen molar-refractivity contribution in [1.29, 1.82) is 0 Å². The fourth-order valence-corrected chi connectivity index (χ4v) is 4.08. The quantitative estimate of drug-likeness (QED) is 0.761. The van der Waals surface area contributed by atoms with Crippen molar-refractivity contribution in [2.45, 2.75) is 32.6 Å². The van der Waals surface area contributed by atoms with E-state index in [-0.39, 0.29) is 5.91 Å². The van der Waals surface area contributed by atoms with Gasteiger partial charge in [0.05, 0.1) is 0 Å². The maximum Gasteiger partial charge on any atom is 0.242 e. The maximum atomic E-state index is 13.6. The van der Waals surface area contributed by atoms with Gasteiger partial charge in [-0.25, -0.2) is 0 Å². The molecule has 1 aliphatic heterocycles. The lowest BCUT2D eigenvalue weighted by Gasteiger charge is -2.29. The van der Waals surface area contributed by atoms with Gasteiger partial charge in [0.1, 0.15) is 5.41 Å². The molecule has 132 valence electrons. The second kappa shape index (κ2) is 7.40. The van der Waals surface area contributed by atoms with Crippen LogP contribution in [0.4, 0.5) is 5.69 Å². The molecule has 0 bridgehead atoms. The molecule has 25 heavy (non-hydrogen) atoms. The van der Waals surface area contributed by atoms with Gasteiger partial charge in [0, 0.05) is 18.8 Å². The molecule has 3 heteroatoms. The Morgan fingerprint density at radius 3 is 2.20 bits per heavy atom. The van der Waals surface area contributed by atoms with E-state index < -0.39 is 5.41 Å². The highest BCUT2D eigenvalue weighted by Gasteiger charge is 2.50. The molecule has 0 spiro atoms. The number of hydrogen-bond donors (Lipinski definition) is 0. The molecule has 0 radical (unpaired) electrons. The van der Waals surface area contributed by atoms with Crippen molar-refractivity contribution in [3.05, 3.63) is 65.7 Å². The third-order valence-corrected chi connectivity index (χ3v) is 5.60. The van der Waals surface area contributed by atoms with Gasteiger partial charge in [-0.2, -0.15) is 0 Å². The van der Waals surface area contributed by atoms with E-state index in [1.54, 1.807) is 0 Å². The molecule has 0 saturated carbocycles. The highest BCUT2D eigenvalue weighted by atomic mass is 16.2. The molecule has 2 aromatic rings. The largest absolute Gasteiger partial charge is 0.310 e. The van der Waals surface area contributed by atoms with Crippen LogP contribution in [-0.4, -0.2) is 37.0 Å². The zero-order valence-electron chi connectivity index (χ0n) is 15.5. The monoisotopic (exact) mass is 336 g/mol. The molecular formula is C22H28N2O. The van der Waals surface area contributed by atoms with Gasteiger partial charge in [-0.15, -0.1) is 0 Å². The van der Waals surface area contributed by atoms with Crippen molar-refractivity contribution in [3.8, 4) is 0 Å². The summed E-state index contributed by atoms with van der Waals surface area (Å²) in [6, 6.07) is 18.6. The molecule has 1 aliphatic rings. The van der Waals surface area contributed by atoms with Crippen LogP contribution in [0.2, 0.25) is 0 Å². The Morgan fingerprint density at radius 2 is 1.56 bits per heavy atom. The number of carbonyl (C=O) groups is 1. The molecule has 0 aromatic heterocycles. The van der Waals surface area contributed by atoms with Crippen LogP contribution in [-0.2, 0) is 10.2 Å². The Hall–Kier alpha value is -2.13. The Kier molecular flexibility index (Phi) is 5.24. The Bertz CT molecular complexity index is 724. The van der Waals surface area contributed by atoms with E-state index in [2.05, 4.69) is 49.9 Å². The number of hydrogen-bond acceptors (Lipinski definition) is 2. The number of benzene rings is 2. The van der Waals surface area contributed by atoms with E-state index in [4.69, 9.17) is 0 Å². The average Bonchev–Trinajstić information content (AvgIpc) is 2.92. The molecule has 1 amide bonds. The van der Waals surface area contributed by atoms with Crippen molar-refractivity contribution >= 4 is 11.6 Å². The van der Waals surface area contributed by atoms with E-state index in [0.717, 1.165) is 49.4 Å². The molecule has 3 rings (SSSR count). The molecule has 0 aliphatic carbocycles. The summed E-state index contributed by atoms with van der Waals surface area (Å²) in [7, 11) is 0. The van der Waals surface area contributed by atoms with Gasteiger partial charge in [0.15, 0.2) is 0 Å². The van der Waals surface area contributed by atoms with Gasteiger partial charge >= 0.3 is 0 Å². The number of likely N-dealkylation sites (N-methyl/N-ethyl adjacent to an activating group) is 1. The van der Waals surface area contributed by atoms with Crippen LogP contribution >= 0.6 is 0 Å². The molecule has 1 heterocycles. The first-order chi connectivity index (χ1) is 12.2. The lowest BCUT2D eigenvalue weighted by atomic mass is 9.73. The number of nitrogens with zero attached hydrogens (tertiary/aromatic N) is 2. The van der Waals surface area contributed by atoms with E-state index in [0.29, 0.717) is 0 Å². The van der Waals surface area contributed by atoms with Crippen molar-refractivity contribution in [3.63, 3.8) is 0 Å². The fourth-order valence-electron chi connectivity index (χ4n) is 4.08. The SMILES string of the molecule is CCN(CC)CCN1C(=O)C(CC)(c2ccccc2)c2ccccc21. The summed E-state index contributed by atoms with van der Waals surface area (Å²) in [6.45, 7) is 10.1. The molecule has 0 fully saturated rings. The smallest absolute Gasteiger partial charge is 0.242 e. The van der Waals surface area contributed by atoms with E-state index in [1.165, 1.54) is 0 Å². The zero-order chi connectivity index (χ0) is 17.9. The summed E-state index contributed by atoms with van der Waals surface area (Å²) in [4.78, 5) is 18.0. The number of carbonyl (C=O) groups excluding carboxylic acids is 1. The summed E-state index contributed by atoms with van der Waals surface area (Å²) < 4.78 is 0. The predicted octanol–water partition coefficient (Wildman–Crippen LogP) is 4.07. The van der Waals surface area contributed by atoms with Crippen LogP contribution in [0, 0.1) is 0 Å². The normalized spacial score (nSPS) is 19.5. The van der Waals surface area contributed by atoms with Crippen LogP contribution in [0.3, 0.4) is 0 Å². The number of anilines is 1. The molecule has 0 saturated heterocycles. The first kappa shape index (κ1) is 17.7. The summed E-state index contributed by atoms with van der Waals surface area (Å²) >= 11 is 0. The van der Waals surface area contributed by atoms with Crippen LogP contribution in [0.15, 0.2) is 54.6 Å². The van der Waals surface area contributed by atoms with Crippen LogP contribution in [0.5, 0.6) is 0 Å². The third-order valence-electron chi connectivity index (χ3n) is 5.60. The lowest BCUT2D eigenvalue weighted by molar-refractivity contribution is -0.122. The number of para-hydroxylation sites is 1. The molecule has 2 aromatic carbocycles. The van der Waals surface area contributed by atoms with Crippen LogP contribution < -0.4 is 4.90 Å². The fraction of sp³-hybridized carbons (Fsp3) is 0.409. The van der Waals surface area contributed by atoms with Crippen LogP contribution in [0.25, 0.3) is 0 Å². The minimum Gasteiger partial charge on any atom is -0.310 e. The van der Waals surface area contributed by atoms with Crippen molar-refractivity contribution in [1.82, 2.24) is 4.90 Å². The number of amides is 1. The van der Waals surface area contributed by atoms with Gasteiger partial charge < -0.3 is 9.80 Å². The molecular weight excluding hydrogens is 308 g/mol. The van der Waals surface area contributed by atoms with Gasteiger partial charge in [0.2, 0.25) is 5.91 Å². The van der Waals surface area contributed by atoms with E-state index >= 15 is 0 Å². The van der Waals surface area contributed by atoms with Gasteiger partial charge in [0.25, 0.3) is 0 Å². The highest BCUT2D eigenvalue weighted by molar-refractivity contribution is 6.10. The first-order valence-corrected chi connectivity index (χ1v) is 9.38. The topological polar surface area (TPSA) is 23.6 Å². The molecule has 3 nitrogen and oxygen atoms in total. The van der Waals surface area contributed by atoms with Gasteiger partial charge in [-0.05, 0) is 36.7 Å². The second-order valence-electron chi connectivity index (χ2n) is 6.63. The standard InChI is InChI=1S/C22H28N2O/c1-4-22(18-12-8-7-9-13-18)19-14-10-11-15-20(19)24(21(22)25)17-16-23(5-2)6-3/h7-15H,4-6,16-17H2,1-3H3. The van der Waals surface area contributed by atoms with Crippen molar-refractivity contribution < 1.29 is 4.79 Å². The first-order valence-electron chi connectivity index (χ1n) is 9.38. The summed E-state index contributed by atoms with van der Waals surface area (Å²) in [6.07, 6.45) is 0.772. The minimum atomic E-state index is -0.554. The van der Waals surface area contributed by atoms with Gasteiger partial charge in [-0.3, -0.25) is 4.79 Å². The van der Waals surface area contributed by atoms with Crippen LogP contribution in [0.1, 0.15) is 38.3 Å². The van der Waals surface area contributed by atoms with Crippen molar-refractivity contribution in [2.75, 3.05) is 31.1 Å². The summed E-state index contributed by atoms with van der Waals surface area (Å²) in [5, 5.41) is 0. The third kappa shape index (κ3) is 2.87. The van der Waals surface area contributed by atoms with Gasteiger partial charge in [-0.1, -0.05) is 69.3 Å². The second-order valence-corrected chi connectivity index (χ2v) is 6.63. The van der Waals surface area contributed by atoms with E-state index in [1.807, 2.05) is 35.2 Å². The molecule has 1 atom stereocenters. The lowest BCUT2D eigenvalue weighted by Crippen LogP contribution is -2.43. The molecule has 1 unspecified atom stereocenters. The number of rotatable bonds is 7. The zero-order valence-corrected chi connectivity index (χ0v) is 15.5.